The molecule has 4 rings (SSSR count). The molecule has 96 valence electrons. The minimum absolute atomic E-state index is 0.0241. The molecule has 1 aliphatic rings. The van der Waals surface area contributed by atoms with Crippen molar-refractivity contribution in [1.29, 1.82) is 0 Å². The number of carbonyl (C=O) groups excluding carboxylic acids is 1. The summed E-state index contributed by atoms with van der Waals surface area (Å²) in [6.45, 7) is 0. The normalized spacial score (nSPS) is 12.5. The molecule has 0 radical (unpaired) electrons. The van der Waals surface area contributed by atoms with Gasteiger partial charge in [-0.05, 0) is 34.7 Å². The van der Waals surface area contributed by atoms with Gasteiger partial charge in [0.2, 0.25) is 0 Å². The molecule has 0 saturated carbocycles. The highest BCUT2D eigenvalue weighted by molar-refractivity contribution is 6.27. The van der Waals surface area contributed by atoms with Gasteiger partial charge in [0.05, 0.1) is 5.56 Å². The van der Waals surface area contributed by atoms with Crippen molar-refractivity contribution in [2.24, 2.45) is 0 Å². The Balaban J connectivity index is 2.30. The molecule has 0 bridgehead atoms. The number of carbonyl (C=O) groups is 1. The zero-order valence-electron chi connectivity index (χ0n) is 10.4. The molecule has 0 unspecified atom stereocenters. The molecule has 0 amide bonds. The fraction of sp³-hybridized carbons (Fsp3) is 0. The molecule has 0 atom stereocenters. The molecule has 0 fully saturated rings. The Hall–Kier alpha value is -2.81. The van der Waals surface area contributed by atoms with Crippen LogP contribution in [-0.2, 0) is 0 Å². The summed E-state index contributed by atoms with van der Waals surface area (Å²) in [5.74, 6) is -0.0564. The van der Waals surface area contributed by atoms with Crippen molar-refractivity contribution >= 4 is 16.6 Å². The molecular weight excluding hydrogens is 252 g/mol. The molecule has 2 N–H and O–H groups in total. The number of rotatable bonds is 0. The molecule has 0 saturated heterocycles. The van der Waals surface area contributed by atoms with Gasteiger partial charge >= 0.3 is 0 Å². The quantitative estimate of drug-likeness (QED) is 0.510. The summed E-state index contributed by atoms with van der Waals surface area (Å²) < 4.78 is 0. The maximum atomic E-state index is 12.6. The van der Waals surface area contributed by atoms with E-state index >= 15 is 0 Å². The van der Waals surface area contributed by atoms with Gasteiger partial charge in [0.1, 0.15) is 11.5 Å². The van der Waals surface area contributed by atoms with Gasteiger partial charge in [-0.1, -0.05) is 30.3 Å². The molecule has 20 heavy (non-hydrogen) atoms. The van der Waals surface area contributed by atoms with Gasteiger partial charge in [0.15, 0.2) is 5.78 Å². The van der Waals surface area contributed by atoms with Crippen LogP contribution in [0.4, 0.5) is 0 Å². The van der Waals surface area contributed by atoms with Crippen LogP contribution in [0, 0.1) is 0 Å². The second-order valence-corrected chi connectivity index (χ2v) is 4.93. The monoisotopic (exact) mass is 262 g/mol. The number of hydrogen-bond donors (Lipinski definition) is 2. The average molecular weight is 262 g/mol. The highest BCUT2D eigenvalue weighted by Gasteiger charge is 2.27. The lowest BCUT2D eigenvalue weighted by Gasteiger charge is -2.20. The van der Waals surface area contributed by atoms with Crippen molar-refractivity contribution in [3.05, 3.63) is 59.7 Å². The summed E-state index contributed by atoms with van der Waals surface area (Å²) in [4.78, 5) is 12.6. The highest BCUT2D eigenvalue weighted by Crippen LogP contribution is 2.44. The number of phenols is 2. The summed E-state index contributed by atoms with van der Waals surface area (Å²) in [6, 6.07) is 13.7. The third kappa shape index (κ3) is 1.26. The molecule has 3 aromatic rings. The molecule has 3 nitrogen and oxygen atoms in total. The number of benzene rings is 3. The van der Waals surface area contributed by atoms with E-state index in [1.807, 2.05) is 12.1 Å². The second kappa shape index (κ2) is 3.61. The molecular formula is C17H10O3. The summed E-state index contributed by atoms with van der Waals surface area (Å²) >= 11 is 0. The van der Waals surface area contributed by atoms with Crippen LogP contribution in [0.1, 0.15) is 15.9 Å². The summed E-state index contributed by atoms with van der Waals surface area (Å²) in [5, 5.41) is 21.4. The minimum atomic E-state index is -0.179. The first-order valence-electron chi connectivity index (χ1n) is 6.29. The summed E-state index contributed by atoms with van der Waals surface area (Å²) in [7, 11) is 0. The smallest absolute Gasteiger partial charge is 0.198 e. The highest BCUT2D eigenvalue weighted by atomic mass is 16.3. The maximum absolute atomic E-state index is 12.6. The first-order chi connectivity index (χ1) is 9.66. The van der Waals surface area contributed by atoms with E-state index in [1.54, 1.807) is 30.3 Å². The van der Waals surface area contributed by atoms with Crippen LogP contribution in [0.2, 0.25) is 0 Å². The maximum Gasteiger partial charge on any atom is 0.198 e. The predicted octanol–water partition coefficient (Wildman–Crippen LogP) is 3.46. The Kier molecular flexibility index (Phi) is 1.99. The number of ketones is 1. The Morgan fingerprint density at radius 2 is 1.55 bits per heavy atom. The topological polar surface area (TPSA) is 57.5 Å². The van der Waals surface area contributed by atoms with E-state index in [9.17, 15) is 15.0 Å². The summed E-state index contributed by atoms with van der Waals surface area (Å²) in [5.41, 5.74) is 2.43. The Labute approximate surface area is 114 Å². The van der Waals surface area contributed by atoms with Crippen molar-refractivity contribution in [2.75, 3.05) is 0 Å². The Morgan fingerprint density at radius 1 is 0.800 bits per heavy atom. The minimum Gasteiger partial charge on any atom is -0.508 e. The van der Waals surface area contributed by atoms with Crippen molar-refractivity contribution in [2.45, 2.75) is 0 Å². The average Bonchev–Trinajstić information content (AvgIpc) is 2.45. The van der Waals surface area contributed by atoms with Gasteiger partial charge in [-0.15, -0.1) is 0 Å². The standard InChI is InChI=1S/C17H10O3/c18-10-7-9-5-6-14(19)16-15(9)13(8-10)11-3-1-2-4-12(11)17(16)20/h1-8,18-19H. The van der Waals surface area contributed by atoms with Crippen molar-refractivity contribution in [3.63, 3.8) is 0 Å². The van der Waals surface area contributed by atoms with Crippen molar-refractivity contribution in [1.82, 2.24) is 0 Å². The van der Waals surface area contributed by atoms with E-state index in [2.05, 4.69) is 0 Å². The van der Waals surface area contributed by atoms with Gasteiger partial charge in [-0.3, -0.25) is 4.79 Å². The molecule has 3 aromatic carbocycles. The Morgan fingerprint density at radius 3 is 2.35 bits per heavy atom. The zero-order chi connectivity index (χ0) is 13.9. The second-order valence-electron chi connectivity index (χ2n) is 4.93. The van der Waals surface area contributed by atoms with E-state index in [4.69, 9.17) is 0 Å². The van der Waals surface area contributed by atoms with E-state index in [-0.39, 0.29) is 17.3 Å². The van der Waals surface area contributed by atoms with Gasteiger partial charge in [0, 0.05) is 10.9 Å². The SMILES string of the molecule is O=C1c2ccccc2-c2cc(O)cc3ccc(O)c1c23. The van der Waals surface area contributed by atoms with Crippen LogP contribution < -0.4 is 0 Å². The van der Waals surface area contributed by atoms with Crippen molar-refractivity contribution < 1.29 is 15.0 Å². The number of phenolic OH excluding ortho intramolecular Hbond substituents is 2. The lowest BCUT2D eigenvalue weighted by Crippen LogP contribution is -2.10. The molecule has 0 aliphatic heterocycles. The third-order valence-corrected chi connectivity index (χ3v) is 3.77. The fourth-order valence-electron chi connectivity index (χ4n) is 2.93. The van der Waals surface area contributed by atoms with Crippen LogP contribution in [0.15, 0.2) is 48.5 Å². The summed E-state index contributed by atoms with van der Waals surface area (Å²) in [6.07, 6.45) is 0. The van der Waals surface area contributed by atoms with E-state index in [0.29, 0.717) is 16.5 Å². The molecule has 3 heteroatoms. The molecule has 0 spiro atoms. The number of fused-ring (bicyclic) bond motifs is 2. The van der Waals surface area contributed by atoms with E-state index in [0.717, 1.165) is 16.5 Å². The van der Waals surface area contributed by atoms with Crippen LogP contribution >= 0.6 is 0 Å². The predicted molar refractivity (Wildman–Crippen MR) is 76.1 cm³/mol. The first kappa shape index (κ1) is 11.1. The largest absolute Gasteiger partial charge is 0.508 e. The zero-order valence-corrected chi connectivity index (χ0v) is 10.4. The molecule has 0 aromatic heterocycles. The van der Waals surface area contributed by atoms with Gasteiger partial charge in [-0.25, -0.2) is 0 Å². The Bertz CT molecular complexity index is 894. The van der Waals surface area contributed by atoms with E-state index in [1.165, 1.54) is 6.07 Å². The van der Waals surface area contributed by atoms with Gasteiger partial charge in [0.25, 0.3) is 0 Å². The lowest BCUT2D eigenvalue weighted by molar-refractivity contribution is 0.103. The van der Waals surface area contributed by atoms with Crippen LogP contribution in [0.3, 0.4) is 0 Å². The third-order valence-electron chi connectivity index (χ3n) is 3.77. The van der Waals surface area contributed by atoms with Gasteiger partial charge in [-0.2, -0.15) is 0 Å². The van der Waals surface area contributed by atoms with Crippen LogP contribution in [0.5, 0.6) is 11.5 Å². The first-order valence-corrected chi connectivity index (χ1v) is 6.29. The lowest BCUT2D eigenvalue weighted by atomic mass is 9.82. The molecule has 1 aliphatic carbocycles. The number of hydrogen-bond acceptors (Lipinski definition) is 3. The number of aromatic hydroxyl groups is 2. The van der Waals surface area contributed by atoms with Gasteiger partial charge < -0.3 is 10.2 Å². The fourth-order valence-corrected chi connectivity index (χ4v) is 2.93. The van der Waals surface area contributed by atoms with Crippen LogP contribution in [0.25, 0.3) is 21.9 Å². The molecule has 0 heterocycles. The van der Waals surface area contributed by atoms with Crippen LogP contribution in [-0.4, -0.2) is 16.0 Å². The van der Waals surface area contributed by atoms with E-state index < -0.39 is 0 Å². The van der Waals surface area contributed by atoms with Crippen molar-refractivity contribution in [3.8, 4) is 22.6 Å².